The summed E-state index contributed by atoms with van der Waals surface area (Å²) in [6, 6.07) is 5.87. The van der Waals surface area contributed by atoms with Gasteiger partial charge in [0.1, 0.15) is 0 Å². The van der Waals surface area contributed by atoms with Gasteiger partial charge in [-0.2, -0.15) is 0 Å². The van der Waals surface area contributed by atoms with Gasteiger partial charge in [0.25, 0.3) is 0 Å². The number of rotatable bonds is 3. The molecule has 1 heterocycles. The second-order valence-electron chi connectivity index (χ2n) is 5.00. The van der Waals surface area contributed by atoms with Gasteiger partial charge in [0.15, 0.2) is 11.5 Å². The molecule has 0 radical (unpaired) electrons. The van der Waals surface area contributed by atoms with Crippen LogP contribution >= 0.6 is 0 Å². The number of carbonyl (C=O) groups is 1. The molecule has 20 heavy (non-hydrogen) atoms. The second kappa shape index (κ2) is 5.57. The van der Waals surface area contributed by atoms with Gasteiger partial charge in [-0.1, -0.05) is 18.2 Å². The molecular formula is C16H18O4. The van der Waals surface area contributed by atoms with Gasteiger partial charge < -0.3 is 14.2 Å². The van der Waals surface area contributed by atoms with Gasteiger partial charge in [-0.05, 0) is 37.5 Å². The molecule has 1 aromatic carbocycles. The van der Waals surface area contributed by atoms with Crippen molar-refractivity contribution in [3.05, 3.63) is 35.9 Å². The molecular weight excluding hydrogens is 256 g/mol. The zero-order valence-electron chi connectivity index (χ0n) is 11.5. The van der Waals surface area contributed by atoms with Crippen LogP contribution in [0.4, 0.5) is 0 Å². The van der Waals surface area contributed by atoms with Crippen LogP contribution < -0.4 is 9.47 Å². The summed E-state index contributed by atoms with van der Waals surface area (Å²) < 4.78 is 15.9. The lowest BCUT2D eigenvalue weighted by molar-refractivity contribution is -0.148. The Bertz CT molecular complexity index is 535. The number of allylic oxidation sites excluding steroid dienone is 2. The van der Waals surface area contributed by atoms with Gasteiger partial charge in [0.2, 0.25) is 6.79 Å². The van der Waals surface area contributed by atoms with Crippen molar-refractivity contribution in [1.82, 2.24) is 0 Å². The molecule has 0 saturated heterocycles. The van der Waals surface area contributed by atoms with Crippen LogP contribution in [0.2, 0.25) is 0 Å². The monoisotopic (exact) mass is 274 g/mol. The lowest BCUT2D eigenvalue weighted by Crippen LogP contribution is -2.25. The van der Waals surface area contributed by atoms with E-state index in [2.05, 4.69) is 12.2 Å². The van der Waals surface area contributed by atoms with Crippen LogP contribution in [0.1, 0.15) is 31.2 Å². The van der Waals surface area contributed by atoms with E-state index in [0.717, 1.165) is 29.9 Å². The van der Waals surface area contributed by atoms with Crippen molar-refractivity contribution in [3.8, 4) is 11.5 Å². The van der Waals surface area contributed by atoms with Gasteiger partial charge >= 0.3 is 5.97 Å². The number of esters is 1. The van der Waals surface area contributed by atoms with E-state index in [1.165, 1.54) is 0 Å². The first kappa shape index (κ1) is 13.0. The number of ether oxygens (including phenoxy) is 3. The Hall–Kier alpha value is -1.97. The Morgan fingerprint density at radius 1 is 1.35 bits per heavy atom. The second-order valence-corrected chi connectivity index (χ2v) is 5.00. The summed E-state index contributed by atoms with van der Waals surface area (Å²) >= 11 is 0. The van der Waals surface area contributed by atoms with Crippen LogP contribution in [0, 0.1) is 5.92 Å². The molecule has 0 saturated carbocycles. The Morgan fingerprint density at radius 2 is 2.20 bits per heavy atom. The summed E-state index contributed by atoms with van der Waals surface area (Å²) in [6.07, 6.45) is 5.98. The molecule has 1 aromatic rings. The highest BCUT2D eigenvalue weighted by molar-refractivity contribution is 5.74. The fourth-order valence-electron chi connectivity index (χ4n) is 2.81. The number of hydrogen-bond acceptors (Lipinski definition) is 4. The van der Waals surface area contributed by atoms with Gasteiger partial charge in [-0.15, -0.1) is 0 Å². The topological polar surface area (TPSA) is 44.8 Å². The molecule has 0 fully saturated rings. The van der Waals surface area contributed by atoms with Gasteiger partial charge in [-0.25, -0.2) is 0 Å². The quantitative estimate of drug-likeness (QED) is 0.628. The molecule has 0 aromatic heterocycles. The average Bonchev–Trinajstić information content (AvgIpc) is 2.95. The standard InChI is InChI=1S/C16H18O4/c1-2-18-16(17)13-6-4-3-5-12(13)11-7-8-14-15(9-11)20-10-19-14/h3,5,7-9,12-13H,2,4,6,10H2,1H3. The predicted molar refractivity (Wildman–Crippen MR) is 73.8 cm³/mol. The van der Waals surface area contributed by atoms with Crippen molar-refractivity contribution in [2.75, 3.05) is 13.4 Å². The molecule has 1 aliphatic heterocycles. The van der Waals surface area contributed by atoms with Gasteiger partial charge in [0, 0.05) is 5.92 Å². The van der Waals surface area contributed by atoms with E-state index in [1.807, 2.05) is 25.1 Å². The maximum absolute atomic E-state index is 12.1. The Labute approximate surface area is 118 Å². The van der Waals surface area contributed by atoms with Gasteiger partial charge in [0.05, 0.1) is 12.5 Å². The lowest BCUT2D eigenvalue weighted by Gasteiger charge is -2.26. The maximum Gasteiger partial charge on any atom is 0.309 e. The molecule has 4 heteroatoms. The van der Waals surface area contributed by atoms with Crippen LogP contribution in [0.5, 0.6) is 11.5 Å². The summed E-state index contributed by atoms with van der Waals surface area (Å²) in [4.78, 5) is 12.1. The minimum absolute atomic E-state index is 0.0531. The van der Waals surface area contributed by atoms with E-state index in [1.54, 1.807) is 0 Å². The van der Waals surface area contributed by atoms with Crippen molar-refractivity contribution in [2.45, 2.75) is 25.7 Å². The largest absolute Gasteiger partial charge is 0.466 e. The van der Waals surface area contributed by atoms with E-state index in [-0.39, 0.29) is 24.6 Å². The smallest absolute Gasteiger partial charge is 0.309 e. The highest BCUT2D eigenvalue weighted by Crippen LogP contribution is 2.39. The van der Waals surface area contributed by atoms with Crippen LogP contribution in [0.25, 0.3) is 0 Å². The third-order valence-electron chi connectivity index (χ3n) is 3.79. The zero-order chi connectivity index (χ0) is 13.9. The highest BCUT2D eigenvalue weighted by atomic mass is 16.7. The molecule has 1 aliphatic carbocycles. The summed E-state index contributed by atoms with van der Waals surface area (Å²) in [5, 5.41) is 0. The molecule has 0 spiro atoms. The number of carbonyl (C=O) groups excluding carboxylic acids is 1. The van der Waals surface area contributed by atoms with Gasteiger partial charge in [-0.3, -0.25) is 4.79 Å². The zero-order valence-corrected chi connectivity index (χ0v) is 11.5. The molecule has 0 N–H and O–H groups in total. The van der Waals surface area contributed by atoms with Crippen molar-refractivity contribution in [3.63, 3.8) is 0 Å². The molecule has 4 nitrogen and oxygen atoms in total. The maximum atomic E-state index is 12.1. The normalized spacial score (nSPS) is 23.6. The summed E-state index contributed by atoms with van der Waals surface area (Å²) in [5.74, 6) is 1.35. The number of benzene rings is 1. The summed E-state index contributed by atoms with van der Waals surface area (Å²) in [5.41, 5.74) is 1.07. The van der Waals surface area contributed by atoms with Crippen LogP contribution in [0.3, 0.4) is 0 Å². The first-order chi connectivity index (χ1) is 9.79. The van der Waals surface area contributed by atoms with Crippen molar-refractivity contribution in [2.24, 2.45) is 5.92 Å². The molecule has 106 valence electrons. The fraction of sp³-hybridized carbons (Fsp3) is 0.438. The number of hydrogen-bond donors (Lipinski definition) is 0. The minimum Gasteiger partial charge on any atom is -0.466 e. The van der Waals surface area contributed by atoms with Crippen molar-refractivity contribution < 1.29 is 19.0 Å². The Kier molecular flexibility index (Phi) is 3.63. The third kappa shape index (κ3) is 2.38. The van der Waals surface area contributed by atoms with E-state index in [0.29, 0.717) is 6.61 Å². The van der Waals surface area contributed by atoms with E-state index >= 15 is 0 Å². The van der Waals surface area contributed by atoms with E-state index in [9.17, 15) is 4.79 Å². The summed E-state index contributed by atoms with van der Waals surface area (Å²) in [6.45, 7) is 2.53. The highest BCUT2D eigenvalue weighted by Gasteiger charge is 2.31. The van der Waals surface area contributed by atoms with E-state index < -0.39 is 0 Å². The molecule has 2 aliphatic rings. The molecule has 2 atom stereocenters. The van der Waals surface area contributed by atoms with Crippen LogP contribution in [0.15, 0.2) is 30.4 Å². The lowest BCUT2D eigenvalue weighted by atomic mass is 9.79. The SMILES string of the molecule is CCOC(=O)C1CCC=CC1c1ccc2c(c1)OCO2. The van der Waals surface area contributed by atoms with Crippen molar-refractivity contribution >= 4 is 5.97 Å². The first-order valence-corrected chi connectivity index (χ1v) is 7.02. The molecule has 0 amide bonds. The predicted octanol–water partition coefficient (Wildman–Crippen LogP) is 3.03. The minimum atomic E-state index is -0.112. The first-order valence-electron chi connectivity index (χ1n) is 7.02. The van der Waals surface area contributed by atoms with Crippen LogP contribution in [-0.4, -0.2) is 19.4 Å². The molecule has 2 unspecified atom stereocenters. The summed E-state index contributed by atoms with van der Waals surface area (Å²) in [7, 11) is 0. The van der Waals surface area contributed by atoms with Crippen LogP contribution in [-0.2, 0) is 9.53 Å². The number of fused-ring (bicyclic) bond motifs is 1. The van der Waals surface area contributed by atoms with E-state index in [4.69, 9.17) is 14.2 Å². The average molecular weight is 274 g/mol. The fourth-order valence-corrected chi connectivity index (χ4v) is 2.81. The van der Waals surface area contributed by atoms with Crippen molar-refractivity contribution in [1.29, 1.82) is 0 Å². The molecule has 0 bridgehead atoms. The Morgan fingerprint density at radius 3 is 3.05 bits per heavy atom. The third-order valence-corrected chi connectivity index (χ3v) is 3.79. The Balaban J connectivity index is 1.88. The molecule has 3 rings (SSSR count).